The topological polar surface area (TPSA) is 29.5 Å². The maximum atomic E-state index is 10.8. The maximum Gasteiger partial charge on any atom is 0.119 e. The van der Waals surface area contributed by atoms with Crippen molar-refractivity contribution in [1.29, 1.82) is 0 Å². The normalized spacial score (nSPS) is 41.8. The summed E-state index contributed by atoms with van der Waals surface area (Å²) < 4.78 is 5.42. The molecule has 1 aromatic carbocycles. The highest BCUT2D eigenvalue weighted by atomic mass is 16.5. The van der Waals surface area contributed by atoms with Gasteiger partial charge >= 0.3 is 0 Å². The maximum absolute atomic E-state index is 10.8. The molecule has 3 aliphatic rings. The van der Waals surface area contributed by atoms with Crippen LogP contribution in [0.3, 0.4) is 0 Å². The Morgan fingerprint density at radius 2 is 2.09 bits per heavy atom. The van der Waals surface area contributed by atoms with Gasteiger partial charge in [0.15, 0.2) is 0 Å². The third-order valence-electron chi connectivity index (χ3n) is 7.73. The smallest absolute Gasteiger partial charge is 0.119 e. The third kappa shape index (κ3) is 2.03. The number of aliphatic hydroxyl groups excluding tert-OH is 1. The van der Waals surface area contributed by atoms with E-state index in [1.165, 1.54) is 31.2 Å². The predicted molar refractivity (Wildman–Crippen MR) is 92.8 cm³/mol. The second-order valence-corrected chi connectivity index (χ2v) is 8.18. The Morgan fingerprint density at radius 1 is 1.26 bits per heavy atom. The number of ether oxygens (including phenoxy) is 1. The van der Waals surface area contributed by atoms with Gasteiger partial charge in [-0.2, -0.15) is 0 Å². The number of hydrogen-bond acceptors (Lipinski definition) is 2. The zero-order valence-corrected chi connectivity index (χ0v) is 14.7. The average Bonchev–Trinajstić information content (AvgIpc) is 2.92. The summed E-state index contributed by atoms with van der Waals surface area (Å²) in [5.74, 6) is 3.78. The highest BCUT2D eigenvalue weighted by Crippen LogP contribution is 2.64. The fraction of sp³-hybridized carbons (Fsp3) is 0.714. The number of rotatable bonds is 2. The zero-order valence-electron chi connectivity index (χ0n) is 14.7. The second-order valence-electron chi connectivity index (χ2n) is 8.18. The standard InChI is InChI=1S/C21H30O2/c1-4-21-13(2)11-18-16-8-6-15(23-3)12-14(16)5-7-17(18)19(21)9-10-20(21)22/h6,8,12-13,17-20,22H,4-5,7,9-11H2,1-3H3/t13-,17-,18-,19+,20+,21+/m1/s1. The van der Waals surface area contributed by atoms with Crippen LogP contribution in [0, 0.1) is 23.2 Å². The van der Waals surface area contributed by atoms with Crippen LogP contribution in [0.1, 0.15) is 63.0 Å². The van der Waals surface area contributed by atoms with Gasteiger partial charge in [0.25, 0.3) is 0 Å². The third-order valence-corrected chi connectivity index (χ3v) is 7.73. The van der Waals surface area contributed by atoms with E-state index in [-0.39, 0.29) is 11.5 Å². The van der Waals surface area contributed by atoms with E-state index in [2.05, 4.69) is 32.0 Å². The molecule has 0 unspecified atom stereocenters. The molecule has 2 nitrogen and oxygen atoms in total. The van der Waals surface area contributed by atoms with E-state index < -0.39 is 0 Å². The van der Waals surface area contributed by atoms with Crippen molar-refractivity contribution >= 4 is 0 Å². The van der Waals surface area contributed by atoms with E-state index in [1.54, 1.807) is 12.7 Å². The van der Waals surface area contributed by atoms with Crippen molar-refractivity contribution < 1.29 is 9.84 Å². The van der Waals surface area contributed by atoms with E-state index in [0.717, 1.165) is 24.5 Å². The van der Waals surface area contributed by atoms with Crippen LogP contribution in [0.15, 0.2) is 18.2 Å². The highest BCUT2D eigenvalue weighted by molar-refractivity contribution is 5.41. The molecule has 0 saturated heterocycles. The van der Waals surface area contributed by atoms with Crippen molar-refractivity contribution in [3.05, 3.63) is 29.3 Å². The molecule has 0 aliphatic heterocycles. The molecule has 1 aromatic rings. The molecule has 2 saturated carbocycles. The largest absolute Gasteiger partial charge is 0.497 e. The number of fused-ring (bicyclic) bond motifs is 5. The first-order valence-corrected chi connectivity index (χ1v) is 9.46. The summed E-state index contributed by atoms with van der Waals surface area (Å²) in [7, 11) is 1.76. The molecule has 2 heteroatoms. The quantitative estimate of drug-likeness (QED) is 0.868. The number of hydrogen-bond donors (Lipinski definition) is 1. The van der Waals surface area contributed by atoms with Gasteiger partial charge in [0.05, 0.1) is 13.2 Å². The van der Waals surface area contributed by atoms with Crippen molar-refractivity contribution in [3.8, 4) is 5.75 Å². The molecule has 2 fully saturated rings. The predicted octanol–water partition coefficient (Wildman–Crippen LogP) is 4.55. The Bertz CT molecular complexity index is 596. The fourth-order valence-corrected chi connectivity index (χ4v) is 6.70. The van der Waals surface area contributed by atoms with Gasteiger partial charge in [0, 0.05) is 5.41 Å². The van der Waals surface area contributed by atoms with Crippen molar-refractivity contribution in [3.63, 3.8) is 0 Å². The molecule has 0 heterocycles. The Labute approximate surface area is 140 Å². The molecule has 0 amide bonds. The number of benzene rings is 1. The number of methoxy groups -OCH3 is 1. The lowest BCUT2D eigenvalue weighted by atomic mass is 9.50. The molecule has 0 radical (unpaired) electrons. The molecule has 23 heavy (non-hydrogen) atoms. The first-order chi connectivity index (χ1) is 11.1. The van der Waals surface area contributed by atoms with E-state index in [1.807, 2.05) is 0 Å². The van der Waals surface area contributed by atoms with E-state index >= 15 is 0 Å². The first-order valence-electron chi connectivity index (χ1n) is 9.46. The molecule has 3 aliphatic carbocycles. The summed E-state index contributed by atoms with van der Waals surface area (Å²) in [6.07, 6.45) is 7.01. The first kappa shape index (κ1) is 15.5. The van der Waals surface area contributed by atoms with E-state index in [0.29, 0.717) is 17.8 Å². The molecule has 126 valence electrons. The minimum atomic E-state index is -0.0780. The molecule has 0 bridgehead atoms. The van der Waals surface area contributed by atoms with Crippen LogP contribution in [0.5, 0.6) is 5.75 Å². The molecule has 4 rings (SSSR count). The van der Waals surface area contributed by atoms with Crippen molar-refractivity contribution in [2.45, 2.75) is 64.4 Å². The summed E-state index contributed by atoms with van der Waals surface area (Å²) in [5, 5.41) is 10.8. The minimum absolute atomic E-state index is 0.0780. The van der Waals surface area contributed by atoms with Gasteiger partial charge in [-0.05, 0) is 85.5 Å². The monoisotopic (exact) mass is 314 g/mol. The molecule has 0 spiro atoms. The summed E-state index contributed by atoms with van der Waals surface area (Å²) in [4.78, 5) is 0. The molecule has 1 N–H and O–H groups in total. The van der Waals surface area contributed by atoms with E-state index in [9.17, 15) is 5.11 Å². The highest BCUT2D eigenvalue weighted by Gasteiger charge is 2.59. The van der Waals surface area contributed by atoms with Crippen LogP contribution < -0.4 is 4.74 Å². The lowest BCUT2D eigenvalue weighted by Crippen LogP contribution is -2.50. The Kier molecular flexibility index (Phi) is 3.72. The van der Waals surface area contributed by atoms with Crippen LogP contribution >= 0.6 is 0 Å². The van der Waals surface area contributed by atoms with Crippen LogP contribution in [0.2, 0.25) is 0 Å². The van der Waals surface area contributed by atoms with Gasteiger partial charge < -0.3 is 9.84 Å². The van der Waals surface area contributed by atoms with Gasteiger partial charge in [-0.1, -0.05) is 19.9 Å². The second kappa shape index (κ2) is 5.51. The Hall–Kier alpha value is -1.02. The molecular weight excluding hydrogens is 284 g/mol. The molecule has 6 atom stereocenters. The molecule has 0 aromatic heterocycles. The van der Waals surface area contributed by atoms with E-state index in [4.69, 9.17) is 4.74 Å². The van der Waals surface area contributed by atoms with Gasteiger partial charge in [0.2, 0.25) is 0 Å². The SMILES string of the molecule is CC[C@]12[C@H](C)C[C@@H]3c4ccc(OC)cc4CC[C@H]3[C@@H]1CC[C@@H]2O. The van der Waals surface area contributed by atoms with Crippen LogP contribution in [0.25, 0.3) is 0 Å². The van der Waals surface area contributed by atoms with Gasteiger partial charge in [-0.25, -0.2) is 0 Å². The minimum Gasteiger partial charge on any atom is -0.497 e. The van der Waals surface area contributed by atoms with Crippen molar-refractivity contribution in [2.75, 3.05) is 7.11 Å². The van der Waals surface area contributed by atoms with Gasteiger partial charge in [0.1, 0.15) is 5.75 Å². The van der Waals surface area contributed by atoms with Crippen LogP contribution in [-0.4, -0.2) is 18.3 Å². The number of aryl methyl sites for hydroxylation is 1. The Balaban J connectivity index is 1.73. The summed E-state index contributed by atoms with van der Waals surface area (Å²) in [6.45, 7) is 4.71. The summed E-state index contributed by atoms with van der Waals surface area (Å²) >= 11 is 0. The van der Waals surface area contributed by atoms with Gasteiger partial charge in [-0.15, -0.1) is 0 Å². The van der Waals surface area contributed by atoms with Gasteiger partial charge in [-0.3, -0.25) is 0 Å². The Morgan fingerprint density at radius 3 is 2.83 bits per heavy atom. The lowest BCUT2D eigenvalue weighted by Gasteiger charge is -2.55. The molecular formula is C21H30O2. The van der Waals surface area contributed by atoms with Crippen molar-refractivity contribution in [1.82, 2.24) is 0 Å². The van der Waals surface area contributed by atoms with Crippen molar-refractivity contribution in [2.24, 2.45) is 23.2 Å². The summed E-state index contributed by atoms with van der Waals surface area (Å²) in [5.41, 5.74) is 3.26. The number of aliphatic hydroxyl groups is 1. The fourth-order valence-electron chi connectivity index (χ4n) is 6.70. The zero-order chi connectivity index (χ0) is 16.2. The average molecular weight is 314 g/mol. The van der Waals surface area contributed by atoms with Crippen LogP contribution in [0.4, 0.5) is 0 Å². The lowest BCUT2D eigenvalue weighted by molar-refractivity contribution is -0.0791. The van der Waals surface area contributed by atoms with Crippen LogP contribution in [-0.2, 0) is 6.42 Å². The summed E-state index contributed by atoms with van der Waals surface area (Å²) in [6, 6.07) is 6.71.